The van der Waals surface area contributed by atoms with Gasteiger partial charge in [-0.25, -0.2) is 0 Å². The van der Waals surface area contributed by atoms with Crippen molar-refractivity contribution in [2.24, 2.45) is 0 Å². The van der Waals surface area contributed by atoms with Crippen LogP contribution in [0.4, 0.5) is 0 Å². The van der Waals surface area contributed by atoms with Crippen LogP contribution in [0.1, 0.15) is 125 Å². The van der Waals surface area contributed by atoms with Crippen molar-refractivity contribution in [2.75, 3.05) is 0 Å². The molecule has 7 heteroatoms. The van der Waals surface area contributed by atoms with Crippen molar-refractivity contribution in [3.05, 3.63) is 59.7 Å². The fraction of sp³-hybridized carbons (Fsp3) is 0.675. The van der Waals surface area contributed by atoms with Crippen LogP contribution in [0.15, 0.2) is 48.6 Å². The molecule has 1 rings (SSSR count). The predicted molar refractivity (Wildman–Crippen MR) is 211 cm³/mol. The number of hydrogen-bond acceptors (Lipinski definition) is 4. The number of hydrogen-bond donors (Lipinski definition) is 0. The molecule has 0 spiro atoms. The molecule has 0 fully saturated rings. The fourth-order valence-electron chi connectivity index (χ4n) is 5.21. The molecule has 47 heavy (non-hydrogen) atoms. The van der Waals surface area contributed by atoms with Crippen molar-refractivity contribution in [3.63, 3.8) is 0 Å². The van der Waals surface area contributed by atoms with Gasteiger partial charge in [-0.15, -0.1) is 12.3 Å². The van der Waals surface area contributed by atoms with Gasteiger partial charge < -0.3 is 13.3 Å². The van der Waals surface area contributed by atoms with Crippen LogP contribution in [0.5, 0.6) is 0 Å². The summed E-state index contributed by atoms with van der Waals surface area (Å²) in [5.74, 6) is 2.92. The van der Waals surface area contributed by atoms with E-state index in [1.165, 1.54) is 0 Å². The van der Waals surface area contributed by atoms with Gasteiger partial charge in [-0.1, -0.05) is 105 Å². The molecular weight excluding hydrogens is 629 g/mol. The van der Waals surface area contributed by atoms with E-state index in [1.807, 2.05) is 12.2 Å². The number of terminal acetylenes is 1. The lowest BCUT2D eigenvalue weighted by atomic mass is 9.98. The molecule has 0 bridgehead atoms. The van der Waals surface area contributed by atoms with E-state index in [2.05, 4.69) is 132 Å². The van der Waals surface area contributed by atoms with E-state index in [-0.39, 0.29) is 34.2 Å². The van der Waals surface area contributed by atoms with E-state index in [4.69, 9.17) is 19.7 Å². The van der Waals surface area contributed by atoms with E-state index in [0.717, 1.165) is 48.5 Å². The molecule has 0 saturated carbocycles. The molecule has 1 aromatic rings. The topological polar surface area (TPSA) is 44.8 Å². The number of benzene rings is 1. The van der Waals surface area contributed by atoms with Crippen LogP contribution < -0.4 is 0 Å². The van der Waals surface area contributed by atoms with Gasteiger partial charge in [0.1, 0.15) is 0 Å². The SMILES string of the molecule is C#CC[C@H](O[Si](C)(C)C(C)(C)C)c1cccc([C@@H](CC(=O)/C=C/C=C/CCCC(C)O[Si](C)(C)C(C)(C)C)O[Si](CC)(CC)CC)c1. The Hall–Kier alpha value is -1.54. The first kappa shape index (κ1) is 43.5. The van der Waals surface area contributed by atoms with Gasteiger partial charge in [0.25, 0.3) is 0 Å². The first-order valence-electron chi connectivity index (χ1n) is 18.1. The Balaban J connectivity index is 3.08. The molecule has 0 aliphatic rings. The molecular formula is C40H70O4Si3. The molecule has 1 unspecified atom stereocenters. The van der Waals surface area contributed by atoms with Gasteiger partial charge in [0.15, 0.2) is 30.7 Å². The number of unbranched alkanes of at least 4 members (excludes halogenated alkanes) is 1. The second-order valence-corrected chi connectivity index (χ2v) is 30.6. The number of allylic oxidation sites excluding steroid dienone is 4. The lowest BCUT2D eigenvalue weighted by molar-refractivity contribution is -0.116. The lowest BCUT2D eigenvalue weighted by Gasteiger charge is -2.39. The Morgan fingerprint density at radius 2 is 1.38 bits per heavy atom. The first-order chi connectivity index (χ1) is 21.7. The summed E-state index contributed by atoms with van der Waals surface area (Å²) in [5, 5.41) is 0.296. The summed E-state index contributed by atoms with van der Waals surface area (Å²) in [7, 11) is -5.79. The van der Waals surface area contributed by atoms with Crippen LogP contribution in [0.3, 0.4) is 0 Å². The minimum Gasteiger partial charge on any atom is -0.414 e. The van der Waals surface area contributed by atoms with Crippen molar-refractivity contribution >= 4 is 30.7 Å². The zero-order valence-electron chi connectivity index (χ0n) is 32.7. The van der Waals surface area contributed by atoms with Crippen LogP contribution >= 0.6 is 0 Å². The largest absolute Gasteiger partial charge is 0.414 e. The Morgan fingerprint density at radius 1 is 0.851 bits per heavy atom. The molecule has 4 nitrogen and oxygen atoms in total. The van der Waals surface area contributed by atoms with Crippen molar-refractivity contribution in [1.29, 1.82) is 0 Å². The zero-order valence-corrected chi connectivity index (χ0v) is 35.7. The minimum atomic E-state index is -2.06. The second kappa shape index (κ2) is 19.0. The Kier molecular flexibility index (Phi) is 17.6. The average molecular weight is 699 g/mol. The van der Waals surface area contributed by atoms with Gasteiger partial charge >= 0.3 is 0 Å². The van der Waals surface area contributed by atoms with Crippen LogP contribution in [-0.4, -0.2) is 36.8 Å². The number of carbonyl (C=O) groups excluding carboxylic acids is 1. The standard InChI is InChI=1S/C40H70O4Si3/c1-16-26-37(43-46(14,15)40(9,10)11)34-28-25-29-35(31-34)38(44-47(17-2,18-3)19-4)32-36(41)30-24-22-20-21-23-27-33(5)42-45(12,13)39(6,7)8/h1,20,22,24-25,28-31,33,37-38H,17-19,21,23,26-27,32H2,2-15H3/b22-20+,30-24+/t33?,37-,38+/m0/s1. The fourth-order valence-corrected chi connectivity index (χ4v) is 10.8. The normalized spacial score (nSPS) is 15.6. The quantitative estimate of drug-likeness (QED) is 0.0447. The third kappa shape index (κ3) is 14.1. The van der Waals surface area contributed by atoms with E-state index >= 15 is 0 Å². The minimum absolute atomic E-state index is 0.0718. The molecule has 0 aromatic heterocycles. The maximum atomic E-state index is 13.3. The molecule has 0 heterocycles. The van der Waals surface area contributed by atoms with Gasteiger partial charge in [-0.3, -0.25) is 4.79 Å². The molecule has 0 aliphatic heterocycles. The highest BCUT2D eigenvalue weighted by molar-refractivity contribution is 6.74. The molecule has 0 radical (unpaired) electrons. The molecule has 0 aliphatic carbocycles. The summed E-state index contributed by atoms with van der Waals surface area (Å²) in [6, 6.07) is 11.5. The lowest BCUT2D eigenvalue weighted by Crippen LogP contribution is -2.43. The van der Waals surface area contributed by atoms with Crippen molar-refractivity contribution < 1.29 is 18.1 Å². The Labute approximate surface area is 293 Å². The summed E-state index contributed by atoms with van der Waals surface area (Å²) in [6.45, 7) is 31.6. The van der Waals surface area contributed by atoms with Gasteiger partial charge in [-0.05, 0) is 97.8 Å². The highest BCUT2D eigenvalue weighted by Gasteiger charge is 2.40. The Bertz CT molecular complexity index is 1180. The smallest absolute Gasteiger partial charge is 0.192 e. The Morgan fingerprint density at radius 3 is 1.89 bits per heavy atom. The van der Waals surface area contributed by atoms with E-state index < -0.39 is 25.0 Å². The highest BCUT2D eigenvalue weighted by atomic mass is 28.4. The van der Waals surface area contributed by atoms with E-state index in [9.17, 15) is 4.79 Å². The van der Waals surface area contributed by atoms with Crippen LogP contribution in [0, 0.1) is 12.3 Å². The molecule has 266 valence electrons. The predicted octanol–water partition coefficient (Wildman–Crippen LogP) is 12.5. The van der Waals surface area contributed by atoms with Crippen molar-refractivity contribution in [2.45, 2.75) is 174 Å². The van der Waals surface area contributed by atoms with E-state index in [1.54, 1.807) is 6.08 Å². The summed E-state index contributed by atoms with van der Waals surface area (Å²) in [5.41, 5.74) is 2.09. The van der Waals surface area contributed by atoms with E-state index in [0.29, 0.717) is 12.8 Å². The van der Waals surface area contributed by atoms with Crippen molar-refractivity contribution in [1.82, 2.24) is 0 Å². The monoisotopic (exact) mass is 698 g/mol. The van der Waals surface area contributed by atoms with Gasteiger partial charge in [0.05, 0.1) is 12.2 Å². The van der Waals surface area contributed by atoms with Gasteiger partial charge in [0.2, 0.25) is 0 Å². The molecule has 1 aromatic carbocycles. The number of rotatable bonds is 20. The third-order valence-corrected chi connectivity index (χ3v) is 24.5. The average Bonchev–Trinajstić information content (AvgIpc) is 2.97. The van der Waals surface area contributed by atoms with Crippen molar-refractivity contribution in [3.8, 4) is 12.3 Å². The highest BCUT2D eigenvalue weighted by Crippen LogP contribution is 2.41. The number of carbonyl (C=O) groups is 1. The van der Waals surface area contributed by atoms with Gasteiger partial charge in [0, 0.05) is 18.9 Å². The second-order valence-electron chi connectivity index (χ2n) is 16.4. The summed E-state index contributed by atoms with van der Waals surface area (Å²) < 4.78 is 20.3. The zero-order chi connectivity index (χ0) is 36.1. The summed E-state index contributed by atoms with van der Waals surface area (Å²) >= 11 is 0. The maximum absolute atomic E-state index is 13.3. The number of ketones is 1. The van der Waals surface area contributed by atoms with Gasteiger partial charge in [-0.2, -0.15) is 0 Å². The summed E-state index contributed by atoms with van der Waals surface area (Å²) in [4.78, 5) is 13.3. The molecule has 3 atom stereocenters. The van der Waals surface area contributed by atoms with Crippen LogP contribution in [-0.2, 0) is 18.1 Å². The molecule has 0 N–H and O–H groups in total. The summed E-state index contributed by atoms with van der Waals surface area (Å²) in [6.07, 6.45) is 17.2. The molecule has 0 saturated heterocycles. The third-order valence-electron chi connectivity index (χ3n) is 10.7. The first-order valence-corrected chi connectivity index (χ1v) is 26.4. The maximum Gasteiger partial charge on any atom is 0.192 e. The molecule has 0 amide bonds. The van der Waals surface area contributed by atoms with Crippen LogP contribution in [0.25, 0.3) is 0 Å². The van der Waals surface area contributed by atoms with Crippen LogP contribution in [0.2, 0.25) is 54.4 Å².